The fourth-order valence-corrected chi connectivity index (χ4v) is 5.57. The minimum Gasteiger partial charge on any atom is -0.176 e. The molecule has 0 aromatic carbocycles. The van der Waals surface area contributed by atoms with Crippen LogP contribution in [0.1, 0.15) is 19.3 Å². The topological polar surface area (TPSA) is 0 Å². The SMILES string of the molecule is SC1CC2CC1C1C3C=CC(C3)C21. The number of thiol groups is 1. The lowest BCUT2D eigenvalue weighted by molar-refractivity contribution is 0.212. The highest BCUT2D eigenvalue weighted by molar-refractivity contribution is 7.81. The van der Waals surface area contributed by atoms with Crippen LogP contribution in [0.25, 0.3) is 0 Å². The zero-order chi connectivity index (χ0) is 8.58. The summed E-state index contributed by atoms with van der Waals surface area (Å²) in [6.07, 6.45) is 9.44. The van der Waals surface area contributed by atoms with Gasteiger partial charge < -0.3 is 0 Å². The second-order valence-electron chi connectivity index (χ2n) is 5.57. The fraction of sp³-hybridized carbons (Fsp3) is 0.833. The largest absolute Gasteiger partial charge is 0.176 e. The van der Waals surface area contributed by atoms with E-state index in [1.54, 1.807) is 0 Å². The van der Waals surface area contributed by atoms with Gasteiger partial charge in [-0.1, -0.05) is 12.2 Å². The summed E-state index contributed by atoms with van der Waals surface area (Å²) in [4.78, 5) is 0. The molecule has 7 unspecified atom stereocenters. The molecule has 3 fully saturated rings. The summed E-state index contributed by atoms with van der Waals surface area (Å²) in [5.41, 5.74) is 0. The normalized spacial score (nSPS) is 66.4. The van der Waals surface area contributed by atoms with Crippen LogP contribution >= 0.6 is 12.6 Å². The molecule has 0 aromatic rings. The molecule has 0 amide bonds. The Kier molecular flexibility index (Phi) is 1.24. The molecule has 70 valence electrons. The maximum atomic E-state index is 4.75. The highest BCUT2D eigenvalue weighted by atomic mass is 32.1. The van der Waals surface area contributed by atoms with Gasteiger partial charge in [-0.25, -0.2) is 0 Å². The van der Waals surface area contributed by atoms with Crippen molar-refractivity contribution < 1.29 is 0 Å². The van der Waals surface area contributed by atoms with E-state index < -0.39 is 0 Å². The van der Waals surface area contributed by atoms with E-state index in [1.807, 2.05) is 0 Å². The van der Waals surface area contributed by atoms with E-state index in [1.165, 1.54) is 19.3 Å². The summed E-state index contributed by atoms with van der Waals surface area (Å²) < 4.78 is 0. The molecule has 3 saturated carbocycles. The summed E-state index contributed by atoms with van der Waals surface area (Å²) in [7, 11) is 0. The van der Waals surface area contributed by atoms with Gasteiger partial charge in [-0.2, -0.15) is 12.6 Å². The Labute approximate surface area is 85.2 Å². The van der Waals surface area contributed by atoms with E-state index in [2.05, 4.69) is 12.2 Å². The van der Waals surface area contributed by atoms with Crippen LogP contribution in [0, 0.1) is 35.5 Å². The van der Waals surface area contributed by atoms with Crippen molar-refractivity contribution in [2.24, 2.45) is 35.5 Å². The zero-order valence-electron chi connectivity index (χ0n) is 7.76. The van der Waals surface area contributed by atoms with Crippen LogP contribution < -0.4 is 0 Å². The zero-order valence-corrected chi connectivity index (χ0v) is 8.66. The predicted octanol–water partition coefficient (Wildman–Crippen LogP) is 2.76. The Bertz CT molecular complexity index is 283. The molecule has 0 aliphatic heterocycles. The van der Waals surface area contributed by atoms with Crippen molar-refractivity contribution in [3.05, 3.63) is 12.2 Å². The molecule has 0 heterocycles. The number of hydrogen-bond donors (Lipinski definition) is 1. The average Bonchev–Trinajstić information content (AvgIpc) is 2.78. The molecule has 7 atom stereocenters. The minimum atomic E-state index is 0.749. The molecular formula is C12H16S. The van der Waals surface area contributed by atoms with Gasteiger partial charge in [-0.3, -0.25) is 0 Å². The van der Waals surface area contributed by atoms with Gasteiger partial charge in [-0.05, 0) is 54.8 Å². The van der Waals surface area contributed by atoms with Crippen LogP contribution in [0.3, 0.4) is 0 Å². The van der Waals surface area contributed by atoms with Crippen molar-refractivity contribution in [2.45, 2.75) is 24.5 Å². The quantitative estimate of drug-likeness (QED) is 0.340. The molecule has 0 aromatic heterocycles. The van der Waals surface area contributed by atoms with Gasteiger partial charge in [-0.15, -0.1) is 0 Å². The number of allylic oxidation sites excluding steroid dienone is 2. The van der Waals surface area contributed by atoms with Crippen molar-refractivity contribution in [3.8, 4) is 0 Å². The summed E-state index contributed by atoms with van der Waals surface area (Å²) in [5, 5.41) is 0.749. The standard InChI is InChI=1S/C12H16S/c13-10-5-8-4-9(10)12-7-2-1-6(3-7)11(8)12/h1-2,6-13H,3-5H2. The maximum Gasteiger partial charge on any atom is 0.00508 e. The second kappa shape index (κ2) is 2.18. The van der Waals surface area contributed by atoms with E-state index in [9.17, 15) is 0 Å². The predicted molar refractivity (Wildman–Crippen MR) is 56.7 cm³/mol. The van der Waals surface area contributed by atoms with Gasteiger partial charge >= 0.3 is 0 Å². The molecule has 4 bridgehead atoms. The van der Waals surface area contributed by atoms with Gasteiger partial charge in [0.2, 0.25) is 0 Å². The number of rotatable bonds is 0. The molecule has 13 heavy (non-hydrogen) atoms. The smallest absolute Gasteiger partial charge is 0.00508 e. The highest BCUT2D eigenvalue weighted by Gasteiger charge is 2.60. The van der Waals surface area contributed by atoms with E-state index in [0.717, 1.165) is 40.8 Å². The lowest BCUT2D eigenvalue weighted by Crippen LogP contribution is -2.31. The molecular weight excluding hydrogens is 176 g/mol. The molecule has 4 aliphatic carbocycles. The molecule has 0 N–H and O–H groups in total. The maximum absolute atomic E-state index is 4.75. The third-order valence-corrected chi connectivity index (χ3v) is 5.83. The van der Waals surface area contributed by atoms with Crippen molar-refractivity contribution in [2.75, 3.05) is 0 Å². The fourth-order valence-electron chi connectivity index (χ4n) is 4.98. The van der Waals surface area contributed by atoms with Crippen LogP contribution in [0.15, 0.2) is 12.2 Å². The van der Waals surface area contributed by atoms with E-state index in [0.29, 0.717) is 0 Å². The van der Waals surface area contributed by atoms with Crippen LogP contribution in [0.4, 0.5) is 0 Å². The summed E-state index contributed by atoms with van der Waals surface area (Å²) >= 11 is 4.75. The summed E-state index contributed by atoms with van der Waals surface area (Å²) in [6.45, 7) is 0. The van der Waals surface area contributed by atoms with Crippen molar-refractivity contribution in [1.82, 2.24) is 0 Å². The third-order valence-electron chi connectivity index (χ3n) is 5.24. The van der Waals surface area contributed by atoms with E-state index in [4.69, 9.17) is 12.6 Å². The second-order valence-corrected chi connectivity index (χ2v) is 6.23. The Morgan fingerprint density at radius 2 is 1.69 bits per heavy atom. The highest BCUT2D eigenvalue weighted by Crippen LogP contribution is 2.66. The van der Waals surface area contributed by atoms with Gasteiger partial charge in [0.15, 0.2) is 0 Å². The molecule has 0 radical (unpaired) electrons. The Morgan fingerprint density at radius 1 is 0.923 bits per heavy atom. The molecule has 4 aliphatic rings. The first-order valence-corrected chi connectivity index (χ1v) is 6.22. The van der Waals surface area contributed by atoms with E-state index in [-0.39, 0.29) is 0 Å². The summed E-state index contributed by atoms with van der Waals surface area (Å²) in [6, 6.07) is 0. The first-order chi connectivity index (χ1) is 6.34. The van der Waals surface area contributed by atoms with E-state index >= 15 is 0 Å². The Balaban J connectivity index is 1.79. The van der Waals surface area contributed by atoms with Crippen LogP contribution in [0.2, 0.25) is 0 Å². The van der Waals surface area contributed by atoms with Gasteiger partial charge in [0.25, 0.3) is 0 Å². The van der Waals surface area contributed by atoms with Crippen molar-refractivity contribution in [3.63, 3.8) is 0 Å². The minimum absolute atomic E-state index is 0.749. The molecule has 0 saturated heterocycles. The molecule has 0 spiro atoms. The monoisotopic (exact) mass is 192 g/mol. The van der Waals surface area contributed by atoms with Crippen molar-refractivity contribution >= 4 is 12.6 Å². The van der Waals surface area contributed by atoms with Gasteiger partial charge in [0, 0.05) is 5.25 Å². The average molecular weight is 192 g/mol. The third kappa shape index (κ3) is 0.729. The Morgan fingerprint density at radius 3 is 2.54 bits per heavy atom. The molecule has 4 rings (SSSR count). The molecule has 1 heteroatoms. The first-order valence-electron chi connectivity index (χ1n) is 5.71. The number of fused-ring (bicyclic) bond motifs is 9. The lowest BCUT2D eigenvalue weighted by Gasteiger charge is -2.34. The van der Waals surface area contributed by atoms with Gasteiger partial charge in [0.1, 0.15) is 0 Å². The lowest BCUT2D eigenvalue weighted by atomic mass is 9.73. The van der Waals surface area contributed by atoms with Gasteiger partial charge in [0.05, 0.1) is 0 Å². The van der Waals surface area contributed by atoms with Crippen LogP contribution in [-0.4, -0.2) is 5.25 Å². The number of hydrogen-bond acceptors (Lipinski definition) is 1. The van der Waals surface area contributed by atoms with Crippen LogP contribution in [-0.2, 0) is 0 Å². The van der Waals surface area contributed by atoms with Crippen molar-refractivity contribution in [1.29, 1.82) is 0 Å². The first kappa shape index (κ1) is 7.39. The molecule has 0 nitrogen and oxygen atoms in total. The van der Waals surface area contributed by atoms with Crippen LogP contribution in [0.5, 0.6) is 0 Å². The Hall–Kier alpha value is 0.0900. The summed E-state index contributed by atoms with van der Waals surface area (Å²) in [5.74, 6) is 6.11.